The van der Waals surface area contributed by atoms with Crippen molar-refractivity contribution in [2.45, 2.75) is 13.8 Å². The molecule has 0 bridgehead atoms. The molecule has 0 aliphatic heterocycles. The maximum Gasteiger partial charge on any atom is 0.335 e. The van der Waals surface area contributed by atoms with Crippen LogP contribution in [-0.4, -0.2) is 21.3 Å². The Balaban J connectivity index is 2.82. The van der Waals surface area contributed by atoms with E-state index in [1.165, 1.54) is 0 Å². The van der Waals surface area contributed by atoms with Gasteiger partial charge < -0.3 is 5.11 Å². The van der Waals surface area contributed by atoms with Crippen molar-refractivity contribution in [3.8, 4) is 0 Å². The van der Waals surface area contributed by atoms with Gasteiger partial charge in [-0.2, -0.15) is 5.10 Å². The first-order valence-corrected chi connectivity index (χ1v) is 4.28. The van der Waals surface area contributed by atoms with Gasteiger partial charge in [-0.1, -0.05) is 0 Å². The van der Waals surface area contributed by atoms with Crippen molar-refractivity contribution in [2.24, 2.45) is 0 Å². The van der Waals surface area contributed by atoms with Gasteiger partial charge in [0.25, 0.3) is 0 Å². The zero-order valence-corrected chi connectivity index (χ0v) is 7.96. The van der Waals surface area contributed by atoms with E-state index >= 15 is 0 Å². The first-order valence-electron chi connectivity index (χ1n) is 4.28. The molecule has 0 fully saturated rings. The number of aromatic carboxylic acids is 1. The quantitative estimate of drug-likeness (QED) is 0.721. The molecule has 0 saturated heterocycles. The Labute approximate surface area is 80.6 Å². The van der Waals surface area contributed by atoms with Gasteiger partial charge in [-0.3, -0.25) is 5.10 Å². The predicted molar refractivity (Wildman–Crippen MR) is 52.5 cm³/mol. The molecule has 4 nitrogen and oxygen atoms in total. The normalized spacial score (nSPS) is 10.7. The van der Waals surface area contributed by atoms with Crippen LogP contribution in [0.3, 0.4) is 0 Å². The largest absolute Gasteiger partial charge is 0.478 e. The van der Waals surface area contributed by atoms with Crippen molar-refractivity contribution in [3.05, 3.63) is 29.0 Å². The lowest BCUT2D eigenvalue weighted by molar-refractivity contribution is 0.0697. The lowest BCUT2D eigenvalue weighted by atomic mass is 10.1. The molecule has 2 N–H and O–H groups in total. The van der Waals surface area contributed by atoms with Crippen LogP contribution in [0, 0.1) is 13.8 Å². The topological polar surface area (TPSA) is 66.0 Å². The van der Waals surface area contributed by atoms with E-state index in [9.17, 15) is 4.79 Å². The van der Waals surface area contributed by atoms with Crippen molar-refractivity contribution >= 4 is 16.9 Å². The summed E-state index contributed by atoms with van der Waals surface area (Å²) in [6, 6.07) is 3.28. The van der Waals surface area contributed by atoms with Crippen molar-refractivity contribution in [3.63, 3.8) is 0 Å². The van der Waals surface area contributed by atoms with Crippen molar-refractivity contribution in [1.82, 2.24) is 10.2 Å². The second-order valence-corrected chi connectivity index (χ2v) is 3.33. The Hall–Kier alpha value is -1.84. The zero-order chi connectivity index (χ0) is 10.3. The number of benzene rings is 1. The number of fused-ring (bicyclic) bond motifs is 1. The van der Waals surface area contributed by atoms with Crippen LogP contribution in [0.25, 0.3) is 10.9 Å². The predicted octanol–water partition coefficient (Wildman–Crippen LogP) is 1.88. The molecule has 0 saturated carbocycles. The Morgan fingerprint density at radius 2 is 2.14 bits per heavy atom. The first kappa shape index (κ1) is 8.74. The summed E-state index contributed by atoms with van der Waals surface area (Å²) in [6.45, 7) is 3.72. The fourth-order valence-electron chi connectivity index (χ4n) is 1.54. The van der Waals surface area contributed by atoms with Crippen molar-refractivity contribution < 1.29 is 9.90 Å². The van der Waals surface area contributed by atoms with Gasteiger partial charge in [0.15, 0.2) is 0 Å². The molecule has 0 aliphatic carbocycles. The van der Waals surface area contributed by atoms with E-state index in [1.54, 1.807) is 12.1 Å². The summed E-state index contributed by atoms with van der Waals surface area (Å²) in [6.07, 6.45) is 0. The highest BCUT2D eigenvalue weighted by Gasteiger charge is 2.09. The van der Waals surface area contributed by atoms with Crippen LogP contribution in [-0.2, 0) is 0 Å². The Bertz CT molecular complexity index is 514. The number of nitrogens with one attached hydrogen (secondary N) is 1. The zero-order valence-electron chi connectivity index (χ0n) is 7.96. The lowest BCUT2D eigenvalue weighted by Crippen LogP contribution is -1.96. The molecule has 0 radical (unpaired) electrons. The average molecular weight is 190 g/mol. The number of nitrogens with zero attached hydrogens (tertiary/aromatic N) is 1. The molecule has 2 aromatic rings. The van der Waals surface area contributed by atoms with Gasteiger partial charge >= 0.3 is 5.97 Å². The minimum atomic E-state index is -0.907. The maximum atomic E-state index is 10.8. The standard InChI is InChI=1S/C10H10N2O2/c1-5-3-7(10(13)14)4-8-6(2)11-12-9(5)8/h3-4H,1-2H3,(H,11,12)(H,13,14). The van der Waals surface area contributed by atoms with Gasteiger partial charge in [0.1, 0.15) is 0 Å². The number of carboxylic acid groups (broad SMARTS) is 1. The van der Waals surface area contributed by atoms with Crippen LogP contribution in [0.1, 0.15) is 21.6 Å². The van der Waals surface area contributed by atoms with Crippen LogP contribution in [0.5, 0.6) is 0 Å². The summed E-state index contributed by atoms with van der Waals surface area (Å²) < 4.78 is 0. The number of aryl methyl sites for hydroxylation is 2. The number of aromatic amines is 1. The number of H-pyrrole nitrogens is 1. The fourth-order valence-corrected chi connectivity index (χ4v) is 1.54. The smallest absolute Gasteiger partial charge is 0.335 e. The fraction of sp³-hybridized carbons (Fsp3) is 0.200. The molecular formula is C10H10N2O2. The second-order valence-electron chi connectivity index (χ2n) is 3.33. The summed E-state index contributed by atoms with van der Waals surface area (Å²) in [7, 11) is 0. The molecule has 1 aromatic carbocycles. The Kier molecular flexibility index (Phi) is 1.77. The molecule has 1 aromatic heterocycles. The third-order valence-corrected chi connectivity index (χ3v) is 2.31. The number of hydrogen-bond acceptors (Lipinski definition) is 2. The Morgan fingerprint density at radius 1 is 1.43 bits per heavy atom. The number of carbonyl (C=O) groups is 1. The molecule has 0 spiro atoms. The molecule has 0 aliphatic rings. The molecule has 2 rings (SSSR count). The summed E-state index contributed by atoms with van der Waals surface area (Å²) in [5.74, 6) is -0.907. The maximum absolute atomic E-state index is 10.8. The van der Waals surface area contributed by atoms with Gasteiger partial charge in [0.2, 0.25) is 0 Å². The molecule has 14 heavy (non-hydrogen) atoms. The number of aromatic nitrogens is 2. The minimum absolute atomic E-state index is 0.305. The monoisotopic (exact) mass is 190 g/mol. The number of carboxylic acids is 1. The average Bonchev–Trinajstić information content (AvgIpc) is 2.48. The van der Waals surface area contributed by atoms with Crippen molar-refractivity contribution in [1.29, 1.82) is 0 Å². The van der Waals surface area contributed by atoms with E-state index < -0.39 is 5.97 Å². The third-order valence-electron chi connectivity index (χ3n) is 2.31. The molecule has 0 unspecified atom stereocenters. The summed E-state index contributed by atoms with van der Waals surface area (Å²) in [4.78, 5) is 10.8. The highest BCUT2D eigenvalue weighted by Crippen LogP contribution is 2.21. The van der Waals surface area contributed by atoms with E-state index in [2.05, 4.69) is 10.2 Å². The van der Waals surface area contributed by atoms with Gasteiger partial charge in [-0.25, -0.2) is 4.79 Å². The summed E-state index contributed by atoms with van der Waals surface area (Å²) >= 11 is 0. The Morgan fingerprint density at radius 3 is 2.79 bits per heavy atom. The lowest BCUT2D eigenvalue weighted by Gasteiger charge is -1.99. The first-order chi connectivity index (χ1) is 6.59. The minimum Gasteiger partial charge on any atom is -0.478 e. The second kappa shape index (κ2) is 2.83. The van der Waals surface area contributed by atoms with E-state index in [0.717, 1.165) is 22.2 Å². The highest BCUT2D eigenvalue weighted by molar-refractivity contribution is 5.95. The van der Waals surface area contributed by atoms with E-state index in [4.69, 9.17) is 5.11 Å². The summed E-state index contributed by atoms with van der Waals surface area (Å²) in [5, 5.41) is 16.7. The number of rotatable bonds is 1. The van der Waals surface area contributed by atoms with Crippen LogP contribution < -0.4 is 0 Å². The molecular weight excluding hydrogens is 180 g/mol. The van der Waals surface area contributed by atoms with Crippen LogP contribution >= 0.6 is 0 Å². The van der Waals surface area contributed by atoms with Gasteiger partial charge in [0.05, 0.1) is 16.8 Å². The van der Waals surface area contributed by atoms with Gasteiger partial charge in [-0.15, -0.1) is 0 Å². The van der Waals surface area contributed by atoms with Crippen LogP contribution in [0.2, 0.25) is 0 Å². The molecule has 72 valence electrons. The molecule has 0 atom stereocenters. The van der Waals surface area contributed by atoms with E-state index in [1.807, 2.05) is 13.8 Å². The highest BCUT2D eigenvalue weighted by atomic mass is 16.4. The third kappa shape index (κ3) is 1.16. The molecule has 0 amide bonds. The van der Waals surface area contributed by atoms with Crippen LogP contribution in [0.4, 0.5) is 0 Å². The molecule has 1 heterocycles. The SMILES string of the molecule is Cc1n[nH]c2c(C)cc(C(=O)O)cc12. The summed E-state index contributed by atoms with van der Waals surface area (Å²) in [5.41, 5.74) is 2.94. The van der Waals surface area contributed by atoms with Gasteiger partial charge in [-0.05, 0) is 31.5 Å². The van der Waals surface area contributed by atoms with Crippen LogP contribution in [0.15, 0.2) is 12.1 Å². The van der Waals surface area contributed by atoms with E-state index in [-0.39, 0.29) is 0 Å². The van der Waals surface area contributed by atoms with Crippen molar-refractivity contribution in [2.75, 3.05) is 0 Å². The molecule has 4 heteroatoms. The van der Waals surface area contributed by atoms with E-state index in [0.29, 0.717) is 5.56 Å². The van der Waals surface area contributed by atoms with Gasteiger partial charge in [0, 0.05) is 5.39 Å². The number of hydrogen-bond donors (Lipinski definition) is 2.